The fourth-order valence-corrected chi connectivity index (χ4v) is 8.75. The SMILES string of the molecule is CO[C@@H]1CN(C2CCN(C)CC2)CCC1Cc1ccc(Cl)c(Cl)c1.CO[C@@H]1CN(C2CCNCC2)CCC1Cc1ccc(Cl)c(Cl)c1. The van der Waals surface area contributed by atoms with Gasteiger partial charge in [-0.05, 0) is 145 Å². The summed E-state index contributed by atoms with van der Waals surface area (Å²) >= 11 is 24.4. The first-order valence-electron chi connectivity index (χ1n) is 17.5. The van der Waals surface area contributed by atoms with Crippen molar-refractivity contribution in [1.29, 1.82) is 0 Å². The van der Waals surface area contributed by atoms with Crippen LogP contribution in [0.1, 0.15) is 49.7 Å². The van der Waals surface area contributed by atoms with Crippen LogP contribution in [0.2, 0.25) is 20.1 Å². The third-order valence-electron chi connectivity index (χ3n) is 11.1. The maximum atomic E-state index is 6.16. The number of hydrogen-bond acceptors (Lipinski definition) is 6. The molecule has 4 heterocycles. The van der Waals surface area contributed by atoms with Crippen LogP contribution < -0.4 is 5.32 Å². The second kappa shape index (κ2) is 18.6. The van der Waals surface area contributed by atoms with Crippen LogP contribution in [-0.4, -0.2) is 113 Å². The lowest BCUT2D eigenvalue weighted by atomic mass is 9.86. The van der Waals surface area contributed by atoms with Gasteiger partial charge in [0.1, 0.15) is 0 Å². The number of likely N-dealkylation sites (tertiary alicyclic amines) is 3. The van der Waals surface area contributed by atoms with Gasteiger partial charge in [0.15, 0.2) is 0 Å². The molecular formula is C37H54Cl4N4O2. The Kier molecular flexibility index (Phi) is 14.8. The molecule has 6 rings (SSSR count). The summed E-state index contributed by atoms with van der Waals surface area (Å²) in [6.07, 6.45) is 10.1. The zero-order chi connectivity index (χ0) is 33.3. The topological polar surface area (TPSA) is 40.2 Å². The van der Waals surface area contributed by atoms with Crippen molar-refractivity contribution < 1.29 is 9.47 Å². The Morgan fingerprint density at radius 3 is 1.49 bits per heavy atom. The summed E-state index contributed by atoms with van der Waals surface area (Å²) in [5.41, 5.74) is 2.51. The molecule has 10 heteroatoms. The summed E-state index contributed by atoms with van der Waals surface area (Å²) in [5, 5.41) is 5.99. The minimum atomic E-state index is 0.299. The highest BCUT2D eigenvalue weighted by Crippen LogP contribution is 2.31. The van der Waals surface area contributed by atoms with E-state index in [-0.39, 0.29) is 0 Å². The lowest BCUT2D eigenvalue weighted by Gasteiger charge is -2.44. The summed E-state index contributed by atoms with van der Waals surface area (Å²) in [6.45, 7) is 9.18. The number of methoxy groups -OCH3 is 2. The average Bonchev–Trinajstić information content (AvgIpc) is 3.09. The maximum Gasteiger partial charge on any atom is 0.0730 e. The summed E-state index contributed by atoms with van der Waals surface area (Å²) < 4.78 is 11.7. The van der Waals surface area contributed by atoms with E-state index in [0.29, 0.717) is 44.1 Å². The Hall–Kier alpha value is -0.640. The molecule has 0 aromatic heterocycles. The van der Waals surface area contributed by atoms with Crippen molar-refractivity contribution >= 4 is 46.4 Å². The predicted molar refractivity (Wildman–Crippen MR) is 198 cm³/mol. The van der Waals surface area contributed by atoms with Crippen molar-refractivity contribution in [3.8, 4) is 0 Å². The third kappa shape index (κ3) is 10.7. The molecule has 2 aromatic carbocycles. The fraction of sp³-hybridized carbons (Fsp3) is 0.676. The predicted octanol–water partition coefficient (Wildman–Crippen LogP) is 7.59. The molecule has 4 saturated heterocycles. The molecule has 4 fully saturated rings. The Morgan fingerprint density at radius 2 is 1.06 bits per heavy atom. The van der Waals surface area contributed by atoms with Crippen LogP contribution in [0.4, 0.5) is 0 Å². The van der Waals surface area contributed by atoms with E-state index in [0.717, 1.165) is 51.1 Å². The standard InChI is InChI=1S/C19H28Cl2N2O.C18H26Cl2N2O/c1-22-8-6-16(7-9-22)23-10-5-15(19(13-23)24-2)11-14-3-4-17(20)18(21)12-14;1-23-18-12-22(15-4-7-21-8-5-15)9-6-14(18)10-13-2-3-16(19)17(20)11-13/h3-4,12,15-16,19H,5-11,13H2,1-2H3;2-3,11,14-15,18,21H,4-10,12H2,1H3/t15?,19-;14?,18-/m11/s1. The molecule has 0 radical (unpaired) electrons. The van der Waals surface area contributed by atoms with E-state index in [9.17, 15) is 0 Å². The zero-order valence-corrected chi connectivity index (χ0v) is 31.4. The molecule has 47 heavy (non-hydrogen) atoms. The molecule has 262 valence electrons. The van der Waals surface area contributed by atoms with E-state index in [1.807, 2.05) is 38.5 Å². The summed E-state index contributed by atoms with van der Waals surface area (Å²) in [7, 11) is 5.92. The third-order valence-corrected chi connectivity index (χ3v) is 12.5. The average molecular weight is 729 g/mol. The number of halogens is 4. The van der Waals surface area contributed by atoms with Crippen molar-refractivity contribution in [2.75, 3.05) is 73.6 Å². The number of hydrogen-bond donors (Lipinski definition) is 1. The number of piperidine rings is 4. The van der Waals surface area contributed by atoms with Gasteiger partial charge in [0, 0.05) is 39.4 Å². The quantitative estimate of drug-likeness (QED) is 0.302. The van der Waals surface area contributed by atoms with E-state index in [1.165, 1.54) is 75.8 Å². The van der Waals surface area contributed by atoms with E-state index in [4.69, 9.17) is 55.9 Å². The highest BCUT2D eigenvalue weighted by atomic mass is 35.5. The van der Waals surface area contributed by atoms with Gasteiger partial charge < -0.3 is 19.7 Å². The Bertz CT molecular complexity index is 1260. The molecule has 1 N–H and O–H groups in total. The van der Waals surface area contributed by atoms with Gasteiger partial charge >= 0.3 is 0 Å². The van der Waals surface area contributed by atoms with Gasteiger partial charge in [0.05, 0.1) is 32.3 Å². The van der Waals surface area contributed by atoms with Crippen LogP contribution in [-0.2, 0) is 22.3 Å². The number of ether oxygens (including phenoxy) is 2. The Balaban J connectivity index is 0.000000185. The lowest BCUT2D eigenvalue weighted by molar-refractivity contribution is -0.0325. The molecule has 0 aliphatic carbocycles. The summed E-state index contributed by atoms with van der Waals surface area (Å²) in [4.78, 5) is 7.73. The van der Waals surface area contributed by atoms with Crippen molar-refractivity contribution in [2.45, 2.75) is 75.7 Å². The van der Waals surface area contributed by atoms with E-state index < -0.39 is 0 Å². The first kappa shape index (κ1) is 37.6. The Morgan fingerprint density at radius 1 is 0.617 bits per heavy atom. The highest BCUT2D eigenvalue weighted by Gasteiger charge is 2.34. The first-order valence-corrected chi connectivity index (χ1v) is 19.1. The second-order valence-electron chi connectivity index (χ2n) is 14.1. The monoisotopic (exact) mass is 726 g/mol. The molecule has 4 atom stereocenters. The molecule has 2 unspecified atom stereocenters. The number of nitrogens with one attached hydrogen (secondary N) is 1. The zero-order valence-electron chi connectivity index (χ0n) is 28.4. The van der Waals surface area contributed by atoms with Crippen molar-refractivity contribution in [3.05, 3.63) is 67.6 Å². The lowest BCUT2D eigenvalue weighted by Crippen LogP contribution is -2.52. The smallest absolute Gasteiger partial charge is 0.0730 e. The van der Waals surface area contributed by atoms with Gasteiger partial charge in [0.25, 0.3) is 0 Å². The van der Waals surface area contributed by atoms with Gasteiger partial charge in [-0.3, -0.25) is 9.80 Å². The molecule has 0 saturated carbocycles. The molecular weight excluding hydrogens is 674 g/mol. The van der Waals surface area contributed by atoms with Crippen LogP contribution in [0.3, 0.4) is 0 Å². The second-order valence-corrected chi connectivity index (χ2v) is 15.7. The van der Waals surface area contributed by atoms with Crippen molar-refractivity contribution in [3.63, 3.8) is 0 Å². The largest absolute Gasteiger partial charge is 0.380 e. The first-order chi connectivity index (χ1) is 22.7. The fourth-order valence-electron chi connectivity index (χ4n) is 8.11. The molecule has 0 spiro atoms. The van der Waals surface area contributed by atoms with E-state index >= 15 is 0 Å². The molecule has 4 aliphatic heterocycles. The molecule has 4 aliphatic rings. The molecule has 2 aromatic rings. The molecule has 6 nitrogen and oxygen atoms in total. The van der Waals surface area contributed by atoms with Gasteiger partial charge in [-0.1, -0.05) is 58.5 Å². The molecule has 0 amide bonds. The van der Waals surface area contributed by atoms with Crippen LogP contribution >= 0.6 is 46.4 Å². The van der Waals surface area contributed by atoms with Gasteiger partial charge in [0.2, 0.25) is 0 Å². The number of rotatable bonds is 8. The van der Waals surface area contributed by atoms with Crippen LogP contribution in [0.5, 0.6) is 0 Å². The van der Waals surface area contributed by atoms with E-state index in [1.54, 1.807) is 0 Å². The number of benzene rings is 2. The van der Waals surface area contributed by atoms with Crippen molar-refractivity contribution in [1.82, 2.24) is 20.0 Å². The van der Waals surface area contributed by atoms with Crippen LogP contribution in [0.25, 0.3) is 0 Å². The minimum Gasteiger partial charge on any atom is -0.380 e. The minimum absolute atomic E-state index is 0.299. The highest BCUT2D eigenvalue weighted by molar-refractivity contribution is 6.42. The summed E-state index contributed by atoms with van der Waals surface area (Å²) in [5.74, 6) is 1.10. The van der Waals surface area contributed by atoms with Gasteiger partial charge in [-0.2, -0.15) is 0 Å². The molecule has 0 bridgehead atoms. The van der Waals surface area contributed by atoms with Crippen LogP contribution in [0.15, 0.2) is 36.4 Å². The normalized spacial score (nSPS) is 27.4. The van der Waals surface area contributed by atoms with Gasteiger partial charge in [-0.25, -0.2) is 0 Å². The van der Waals surface area contributed by atoms with E-state index in [2.05, 4.69) is 39.2 Å². The Labute approximate surface area is 303 Å². The maximum absolute atomic E-state index is 6.16. The summed E-state index contributed by atoms with van der Waals surface area (Å²) in [6, 6.07) is 13.4. The van der Waals surface area contributed by atoms with Crippen molar-refractivity contribution in [2.24, 2.45) is 11.8 Å². The number of nitrogens with zero attached hydrogens (tertiary/aromatic N) is 3. The van der Waals surface area contributed by atoms with Crippen LogP contribution in [0, 0.1) is 11.8 Å². The van der Waals surface area contributed by atoms with Gasteiger partial charge in [-0.15, -0.1) is 0 Å².